The van der Waals surface area contributed by atoms with Crippen molar-refractivity contribution in [2.24, 2.45) is 0 Å². The second kappa shape index (κ2) is 7.72. The lowest BCUT2D eigenvalue weighted by molar-refractivity contribution is -0.120. The van der Waals surface area contributed by atoms with Gasteiger partial charge >= 0.3 is 0 Å². The van der Waals surface area contributed by atoms with E-state index in [2.05, 4.69) is 5.32 Å². The Morgan fingerprint density at radius 1 is 1.28 bits per heavy atom. The van der Waals surface area contributed by atoms with Crippen molar-refractivity contribution in [2.75, 3.05) is 32.2 Å². The average Bonchev–Trinajstić information content (AvgIpc) is 2.55. The number of rotatable bonds is 4. The number of hydrogen-bond donors (Lipinski definition) is 1. The van der Waals surface area contributed by atoms with Gasteiger partial charge in [-0.1, -0.05) is 18.0 Å². The zero-order chi connectivity index (χ0) is 18.8. The summed E-state index contributed by atoms with van der Waals surface area (Å²) in [5.41, 5.74) is 0.673. The number of piperidine rings is 1. The minimum atomic E-state index is -3.48. The van der Waals surface area contributed by atoms with Gasteiger partial charge in [0, 0.05) is 26.2 Å². The van der Waals surface area contributed by atoms with Crippen LogP contribution in [0.25, 0.3) is 0 Å². The van der Waals surface area contributed by atoms with Crippen molar-refractivity contribution in [1.29, 1.82) is 0 Å². The molecule has 0 saturated carbocycles. The van der Waals surface area contributed by atoms with Gasteiger partial charge in [0.15, 0.2) is 0 Å². The van der Waals surface area contributed by atoms with Gasteiger partial charge in [0.05, 0.1) is 17.0 Å². The van der Waals surface area contributed by atoms with Crippen LogP contribution >= 0.6 is 11.6 Å². The molecule has 1 fully saturated rings. The van der Waals surface area contributed by atoms with E-state index < -0.39 is 22.0 Å². The van der Waals surface area contributed by atoms with Gasteiger partial charge in [-0.15, -0.1) is 0 Å². The number of carbonyl (C=O) groups is 2. The molecule has 138 valence electrons. The summed E-state index contributed by atoms with van der Waals surface area (Å²) >= 11 is 6.12. The number of halogens is 1. The molecule has 1 aromatic carbocycles. The molecule has 1 aliphatic heterocycles. The van der Waals surface area contributed by atoms with Crippen molar-refractivity contribution < 1.29 is 18.0 Å². The Morgan fingerprint density at radius 3 is 2.56 bits per heavy atom. The molecule has 9 heteroatoms. The van der Waals surface area contributed by atoms with Crippen molar-refractivity contribution >= 4 is 39.1 Å². The topological polar surface area (TPSA) is 86.8 Å². The third-order valence-corrected chi connectivity index (χ3v) is 5.68. The molecule has 1 unspecified atom stereocenters. The normalized spacial score (nSPS) is 18.6. The highest BCUT2D eigenvalue weighted by atomic mass is 35.5. The van der Waals surface area contributed by atoms with Crippen LogP contribution in [0.1, 0.15) is 29.6 Å². The van der Waals surface area contributed by atoms with Gasteiger partial charge in [0.2, 0.25) is 15.9 Å². The second-order valence-electron chi connectivity index (χ2n) is 6.27. The summed E-state index contributed by atoms with van der Waals surface area (Å²) in [6, 6.07) is 3.83. The number of amides is 2. The number of nitrogens with one attached hydrogen (secondary N) is 1. The van der Waals surface area contributed by atoms with Crippen LogP contribution < -0.4 is 5.32 Å². The minimum absolute atomic E-state index is 0.220. The molecule has 2 amide bonds. The Morgan fingerprint density at radius 2 is 1.96 bits per heavy atom. The maximum Gasteiger partial charge on any atom is 0.253 e. The lowest BCUT2D eigenvalue weighted by atomic mass is 10.0. The first kappa shape index (κ1) is 19.7. The molecule has 1 N–H and O–H groups in total. The van der Waals surface area contributed by atoms with Gasteiger partial charge in [-0.05, 0) is 31.0 Å². The number of carbonyl (C=O) groups excluding carboxylic acids is 2. The van der Waals surface area contributed by atoms with E-state index in [1.54, 1.807) is 20.2 Å². The average molecular weight is 388 g/mol. The van der Waals surface area contributed by atoms with Crippen LogP contribution in [0.15, 0.2) is 18.2 Å². The van der Waals surface area contributed by atoms with Crippen LogP contribution in [-0.4, -0.2) is 62.4 Å². The van der Waals surface area contributed by atoms with Crippen LogP contribution in [0.4, 0.5) is 5.69 Å². The van der Waals surface area contributed by atoms with Crippen LogP contribution in [0, 0.1) is 0 Å². The SMILES string of the molecule is CN(C)C(=O)c1ccc(Cl)c(NC(=O)C2CCCCN2S(C)(=O)=O)c1. The molecular weight excluding hydrogens is 366 g/mol. The first-order valence-corrected chi connectivity index (χ1v) is 10.1. The maximum absolute atomic E-state index is 12.6. The molecule has 2 rings (SSSR count). The molecule has 0 radical (unpaired) electrons. The van der Waals surface area contributed by atoms with E-state index in [9.17, 15) is 18.0 Å². The number of anilines is 1. The Kier molecular flexibility index (Phi) is 6.08. The van der Waals surface area contributed by atoms with Crippen LogP contribution in [0.5, 0.6) is 0 Å². The molecule has 1 atom stereocenters. The molecule has 1 aliphatic rings. The Balaban J connectivity index is 2.24. The fourth-order valence-corrected chi connectivity index (χ4v) is 4.08. The van der Waals surface area contributed by atoms with E-state index in [0.29, 0.717) is 24.2 Å². The van der Waals surface area contributed by atoms with Crippen molar-refractivity contribution in [3.63, 3.8) is 0 Å². The Bertz CT molecular complexity index is 780. The molecule has 1 heterocycles. The summed E-state index contributed by atoms with van der Waals surface area (Å²) in [4.78, 5) is 26.1. The number of sulfonamides is 1. The predicted octanol–water partition coefficient (Wildman–Crippen LogP) is 1.79. The van der Waals surface area contributed by atoms with E-state index in [0.717, 1.165) is 19.1 Å². The maximum atomic E-state index is 12.6. The van der Waals surface area contributed by atoms with Crippen molar-refractivity contribution in [2.45, 2.75) is 25.3 Å². The molecule has 0 aromatic heterocycles. The summed E-state index contributed by atoms with van der Waals surface area (Å²) in [5, 5.41) is 2.95. The van der Waals surface area contributed by atoms with E-state index in [1.807, 2.05) is 0 Å². The standard InChI is InChI=1S/C16H22ClN3O4S/c1-19(2)16(22)11-7-8-12(17)13(10-11)18-15(21)14-6-4-5-9-20(14)25(3,23)24/h7-8,10,14H,4-6,9H2,1-3H3,(H,18,21). The fraction of sp³-hybridized carbons (Fsp3) is 0.500. The highest BCUT2D eigenvalue weighted by Gasteiger charge is 2.34. The molecular formula is C16H22ClN3O4S. The molecule has 7 nitrogen and oxygen atoms in total. The van der Waals surface area contributed by atoms with Gasteiger partial charge < -0.3 is 10.2 Å². The van der Waals surface area contributed by atoms with E-state index in [-0.39, 0.29) is 10.9 Å². The number of benzene rings is 1. The highest BCUT2D eigenvalue weighted by molar-refractivity contribution is 7.88. The third-order valence-electron chi connectivity index (χ3n) is 4.06. The minimum Gasteiger partial charge on any atom is -0.345 e. The first-order valence-electron chi connectivity index (χ1n) is 7.90. The zero-order valence-corrected chi connectivity index (χ0v) is 16.0. The van der Waals surface area contributed by atoms with Crippen LogP contribution in [-0.2, 0) is 14.8 Å². The van der Waals surface area contributed by atoms with Gasteiger partial charge in [0.1, 0.15) is 6.04 Å². The smallest absolute Gasteiger partial charge is 0.253 e. The quantitative estimate of drug-likeness (QED) is 0.853. The molecule has 0 spiro atoms. The van der Waals surface area contributed by atoms with Gasteiger partial charge in [-0.2, -0.15) is 4.31 Å². The predicted molar refractivity (Wildman–Crippen MR) is 97.3 cm³/mol. The lowest BCUT2D eigenvalue weighted by Gasteiger charge is -2.32. The summed E-state index contributed by atoms with van der Waals surface area (Å²) in [6.07, 6.45) is 3.05. The molecule has 0 bridgehead atoms. The summed E-state index contributed by atoms with van der Waals surface area (Å²) in [7, 11) is -0.224. The molecule has 25 heavy (non-hydrogen) atoms. The first-order chi connectivity index (χ1) is 11.6. The molecule has 1 aromatic rings. The van der Waals surface area contributed by atoms with Gasteiger partial charge in [-0.25, -0.2) is 8.42 Å². The van der Waals surface area contributed by atoms with E-state index >= 15 is 0 Å². The van der Waals surface area contributed by atoms with E-state index in [1.165, 1.54) is 21.3 Å². The van der Waals surface area contributed by atoms with Crippen molar-refractivity contribution in [1.82, 2.24) is 9.21 Å². The Labute approximate surface area is 153 Å². The zero-order valence-electron chi connectivity index (χ0n) is 14.5. The van der Waals surface area contributed by atoms with Crippen LogP contribution in [0.3, 0.4) is 0 Å². The summed E-state index contributed by atoms with van der Waals surface area (Å²) in [6.45, 7) is 0.323. The Hall–Kier alpha value is -1.64. The summed E-state index contributed by atoms with van der Waals surface area (Å²) in [5.74, 6) is -0.663. The van der Waals surface area contributed by atoms with Gasteiger partial charge in [0.25, 0.3) is 5.91 Å². The lowest BCUT2D eigenvalue weighted by Crippen LogP contribution is -2.49. The second-order valence-corrected chi connectivity index (χ2v) is 8.61. The molecule has 0 aliphatic carbocycles. The van der Waals surface area contributed by atoms with Crippen molar-refractivity contribution in [3.8, 4) is 0 Å². The largest absolute Gasteiger partial charge is 0.345 e. The monoisotopic (exact) mass is 387 g/mol. The van der Waals surface area contributed by atoms with E-state index in [4.69, 9.17) is 11.6 Å². The summed E-state index contributed by atoms with van der Waals surface area (Å²) < 4.78 is 25.0. The number of nitrogens with zero attached hydrogens (tertiary/aromatic N) is 2. The highest BCUT2D eigenvalue weighted by Crippen LogP contribution is 2.26. The number of hydrogen-bond acceptors (Lipinski definition) is 4. The van der Waals surface area contributed by atoms with Crippen LogP contribution in [0.2, 0.25) is 5.02 Å². The fourth-order valence-electron chi connectivity index (χ4n) is 2.79. The van der Waals surface area contributed by atoms with Crippen molar-refractivity contribution in [3.05, 3.63) is 28.8 Å². The molecule has 1 saturated heterocycles. The van der Waals surface area contributed by atoms with Gasteiger partial charge in [-0.3, -0.25) is 9.59 Å². The third kappa shape index (κ3) is 4.71.